The van der Waals surface area contributed by atoms with Gasteiger partial charge in [-0.25, -0.2) is 4.98 Å². The first-order valence-corrected chi connectivity index (χ1v) is 8.54. The van der Waals surface area contributed by atoms with Crippen LogP contribution in [0, 0.1) is 6.92 Å². The number of thiazole rings is 1. The molecule has 1 fully saturated rings. The average Bonchev–Trinajstić information content (AvgIpc) is 3.15. The second kappa shape index (κ2) is 6.20. The minimum Gasteiger partial charge on any atom is -0.351 e. The molecule has 0 radical (unpaired) electrons. The Morgan fingerprint density at radius 1 is 1.50 bits per heavy atom. The summed E-state index contributed by atoms with van der Waals surface area (Å²) >= 11 is 1.73. The summed E-state index contributed by atoms with van der Waals surface area (Å²) in [6, 6.07) is 1.77. The molecule has 22 heavy (non-hydrogen) atoms. The molecule has 3 rings (SSSR count). The van der Waals surface area contributed by atoms with E-state index in [4.69, 9.17) is 4.52 Å². The largest absolute Gasteiger partial charge is 0.351 e. The quantitative estimate of drug-likeness (QED) is 0.867. The van der Waals surface area contributed by atoms with Crippen LogP contribution in [0.15, 0.2) is 16.8 Å². The van der Waals surface area contributed by atoms with Gasteiger partial charge in [0.15, 0.2) is 0 Å². The molecule has 1 atom stereocenters. The fourth-order valence-electron chi connectivity index (χ4n) is 2.74. The summed E-state index contributed by atoms with van der Waals surface area (Å²) in [6.45, 7) is 7.62. The molecular formula is C16H21N3O2S. The van der Waals surface area contributed by atoms with Gasteiger partial charge in [-0.2, -0.15) is 0 Å². The number of aromatic nitrogens is 2. The van der Waals surface area contributed by atoms with Gasteiger partial charge in [0, 0.05) is 36.1 Å². The number of hydrogen-bond acceptors (Lipinski definition) is 5. The highest BCUT2D eigenvalue weighted by atomic mass is 32.1. The van der Waals surface area contributed by atoms with Crippen LogP contribution >= 0.6 is 11.3 Å². The summed E-state index contributed by atoms with van der Waals surface area (Å²) in [7, 11) is 0. The maximum absolute atomic E-state index is 12.6. The maximum Gasteiger partial charge on any atom is 0.292 e. The molecule has 1 unspecified atom stereocenters. The lowest BCUT2D eigenvalue weighted by molar-refractivity contribution is 0.0665. The van der Waals surface area contributed by atoms with E-state index in [9.17, 15) is 4.79 Å². The Morgan fingerprint density at radius 3 is 2.95 bits per heavy atom. The van der Waals surface area contributed by atoms with Crippen LogP contribution < -0.4 is 0 Å². The number of carbonyl (C=O) groups is 1. The van der Waals surface area contributed by atoms with Crippen LogP contribution in [0.5, 0.6) is 0 Å². The molecule has 0 aromatic carbocycles. The number of aryl methyl sites for hydroxylation is 1. The van der Waals surface area contributed by atoms with Crippen LogP contribution in [0.3, 0.4) is 0 Å². The standard InChI is InChI=1S/C16H21N3O2S/c1-10(2)13-7-14(21-18-13)16(20)19-6-4-5-12(9-19)15-17-8-11(3)22-15/h7-8,10,12H,4-6,9H2,1-3H3. The van der Waals surface area contributed by atoms with Crippen molar-refractivity contribution in [1.82, 2.24) is 15.0 Å². The molecule has 0 spiro atoms. The zero-order valence-corrected chi connectivity index (χ0v) is 14.0. The Hall–Kier alpha value is -1.69. The van der Waals surface area contributed by atoms with Gasteiger partial charge in [-0.3, -0.25) is 4.79 Å². The minimum absolute atomic E-state index is 0.0580. The Bertz CT molecular complexity index is 662. The number of rotatable bonds is 3. The molecule has 1 saturated heterocycles. The summed E-state index contributed by atoms with van der Waals surface area (Å²) in [5.74, 6) is 0.888. The topological polar surface area (TPSA) is 59.2 Å². The highest BCUT2D eigenvalue weighted by Gasteiger charge is 2.29. The zero-order valence-electron chi connectivity index (χ0n) is 13.2. The number of carbonyl (C=O) groups excluding carboxylic acids is 1. The van der Waals surface area contributed by atoms with Crippen molar-refractivity contribution in [1.29, 1.82) is 0 Å². The van der Waals surface area contributed by atoms with Crippen LogP contribution in [0.1, 0.15) is 64.7 Å². The van der Waals surface area contributed by atoms with Gasteiger partial charge in [-0.1, -0.05) is 19.0 Å². The smallest absolute Gasteiger partial charge is 0.292 e. The molecular weight excluding hydrogens is 298 g/mol. The molecule has 5 nitrogen and oxygen atoms in total. The average molecular weight is 319 g/mol. The molecule has 6 heteroatoms. The van der Waals surface area contributed by atoms with Gasteiger partial charge in [0.2, 0.25) is 5.76 Å². The Kier molecular flexibility index (Phi) is 4.29. The van der Waals surface area contributed by atoms with Crippen LogP contribution in [0.4, 0.5) is 0 Å². The molecule has 0 bridgehead atoms. The van der Waals surface area contributed by atoms with Crippen molar-refractivity contribution in [2.45, 2.75) is 45.4 Å². The maximum atomic E-state index is 12.6. The third kappa shape index (κ3) is 3.06. The molecule has 0 N–H and O–H groups in total. The third-order valence-corrected chi connectivity index (χ3v) is 5.10. The summed E-state index contributed by atoms with van der Waals surface area (Å²) in [5, 5.41) is 5.11. The van der Waals surface area contributed by atoms with Gasteiger partial charge >= 0.3 is 0 Å². The number of hydrogen-bond donors (Lipinski definition) is 0. The van der Waals surface area contributed by atoms with Crippen molar-refractivity contribution in [2.75, 3.05) is 13.1 Å². The van der Waals surface area contributed by atoms with E-state index >= 15 is 0 Å². The summed E-state index contributed by atoms with van der Waals surface area (Å²) in [6.07, 6.45) is 4.00. The first-order valence-electron chi connectivity index (χ1n) is 7.73. The predicted molar refractivity (Wildman–Crippen MR) is 85.3 cm³/mol. The lowest BCUT2D eigenvalue weighted by atomic mass is 9.98. The normalized spacial score (nSPS) is 18.9. The van der Waals surface area contributed by atoms with Crippen molar-refractivity contribution in [3.05, 3.63) is 33.6 Å². The Balaban J connectivity index is 1.72. The minimum atomic E-state index is -0.0580. The van der Waals surface area contributed by atoms with Gasteiger partial charge in [0.25, 0.3) is 5.91 Å². The summed E-state index contributed by atoms with van der Waals surface area (Å²) in [4.78, 5) is 20.2. The van der Waals surface area contributed by atoms with E-state index in [0.29, 0.717) is 18.2 Å². The summed E-state index contributed by atoms with van der Waals surface area (Å²) < 4.78 is 5.23. The van der Waals surface area contributed by atoms with E-state index in [1.54, 1.807) is 17.4 Å². The van der Waals surface area contributed by atoms with Crippen LogP contribution in [0.25, 0.3) is 0 Å². The Morgan fingerprint density at radius 2 is 2.32 bits per heavy atom. The SMILES string of the molecule is Cc1cnc(C2CCCN(C(=O)c3cc(C(C)C)no3)C2)s1. The van der Waals surface area contributed by atoms with Crippen LogP contribution in [-0.2, 0) is 0 Å². The molecule has 0 saturated carbocycles. The van der Waals surface area contributed by atoms with Gasteiger partial charge < -0.3 is 9.42 Å². The number of amides is 1. The molecule has 1 aliphatic heterocycles. The fourth-order valence-corrected chi connectivity index (χ4v) is 3.64. The lowest BCUT2D eigenvalue weighted by Gasteiger charge is -2.31. The van der Waals surface area contributed by atoms with Crippen LogP contribution in [0.2, 0.25) is 0 Å². The number of piperidine rings is 1. The van der Waals surface area contributed by atoms with Gasteiger partial charge in [-0.05, 0) is 25.7 Å². The van der Waals surface area contributed by atoms with E-state index in [1.165, 1.54) is 4.88 Å². The first kappa shape index (κ1) is 15.2. The molecule has 118 valence electrons. The van der Waals surface area contributed by atoms with E-state index in [2.05, 4.69) is 17.1 Å². The monoisotopic (exact) mass is 319 g/mol. The van der Waals surface area contributed by atoms with E-state index in [0.717, 1.165) is 30.1 Å². The highest BCUT2D eigenvalue weighted by Crippen LogP contribution is 2.30. The van der Waals surface area contributed by atoms with Crippen molar-refractivity contribution >= 4 is 17.2 Å². The van der Waals surface area contributed by atoms with Crippen LogP contribution in [-0.4, -0.2) is 34.0 Å². The molecule has 0 aliphatic carbocycles. The summed E-state index contributed by atoms with van der Waals surface area (Å²) in [5.41, 5.74) is 0.826. The molecule has 2 aromatic heterocycles. The first-order chi connectivity index (χ1) is 10.5. The Labute approximate surface area is 134 Å². The third-order valence-electron chi connectivity index (χ3n) is 4.03. The van der Waals surface area contributed by atoms with Gasteiger partial charge in [0.05, 0.1) is 10.7 Å². The number of likely N-dealkylation sites (tertiary alicyclic amines) is 1. The lowest BCUT2D eigenvalue weighted by Crippen LogP contribution is -2.38. The molecule has 1 amide bonds. The van der Waals surface area contributed by atoms with E-state index < -0.39 is 0 Å². The van der Waals surface area contributed by atoms with E-state index in [1.807, 2.05) is 24.9 Å². The van der Waals surface area contributed by atoms with Crippen molar-refractivity contribution in [2.24, 2.45) is 0 Å². The predicted octanol–water partition coefficient (Wildman–Crippen LogP) is 3.58. The second-order valence-electron chi connectivity index (χ2n) is 6.17. The highest BCUT2D eigenvalue weighted by molar-refractivity contribution is 7.11. The fraction of sp³-hybridized carbons (Fsp3) is 0.562. The molecule has 2 aromatic rings. The van der Waals surface area contributed by atoms with E-state index in [-0.39, 0.29) is 11.8 Å². The number of nitrogens with zero attached hydrogens (tertiary/aromatic N) is 3. The van der Waals surface area contributed by atoms with Crippen molar-refractivity contribution in [3.63, 3.8) is 0 Å². The van der Waals surface area contributed by atoms with Gasteiger partial charge in [-0.15, -0.1) is 11.3 Å². The zero-order chi connectivity index (χ0) is 15.7. The molecule has 1 aliphatic rings. The van der Waals surface area contributed by atoms with Crippen molar-refractivity contribution in [3.8, 4) is 0 Å². The van der Waals surface area contributed by atoms with Gasteiger partial charge in [0.1, 0.15) is 0 Å². The second-order valence-corrected chi connectivity index (χ2v) is 7.44. The molecule has 3 heterocycles. The van der Waals surface area contributed by atoms with Crippen molar-refractivity contribution < 1.29 is 9.32 Å².